The van der Waals surface area contributed by atoms with E-state index in [9.17, 15) is 13.2 Å². The summed E-state index contributed by atoms with van der Waals surface area (Å²) in [6.45, 7) is 3.50. The molecule has 3 heterocycles. The Morgan fingerprint density at radius 2 is 1.92 bits per heavy atom. The molecule has 24 heavy (non-hydrogen) atoms. The molecule has 132 valence electrons. The van der Waals surface area contributed by atoms with Crippen LogP contribution in [0.3, 0.4) is 0 Å². The highest BCUT2D eigenvalue weighted by molar-refractivity contribution is 7.15. The second-order valence-corrected chi connectivity index (χ2v) is 6.60. The highest BCUT2D eigenvalue weighted by Gasteiger charge is 2.36. The van der Waals surface area contributed by atoms with Crippen molar-refractivity contribution in [2.45, 2.75) is 32.0 Å². The normalized spacial score (nSPS) is 15.8. The lowest BCUT2D eigenvalue weighted by Gasteiger charge is -2.24. The van der Waals surface area contributed by atoms with E-state index < -0.39 is 11.7 Å². The van der Waals surface area contributed by atoms with Gasteiger partial charge in [-0.2, -0.15) is 13.2 Å². The Bertz CT molecular complexity index is 685. The number of nitrogens with one attached hydrogen (secondary N) is 2. The van der Waals surface area contributed by atoms with Gasteiger partial charge in [0.2, 0.25) is 5.95 Å². The molecule has 0 atom stereocenters. The van der Waals surface area contributed by atoms with Crippen molar-refractivity contribution >= 4 is 29.7 Å². The van der Waals surface area contributed by atoms with Gasteiger partial charge < -0.3 is 10.6 Å². The maximum absolute atomic E-state index is 13.2. The van der Waals surface area contributed by atoms with Crippen molar-refractivity contribution in [2.24, 2.45) is 0 Å². The number of hydrogen-bond donors (Lipinski definition) is 2. The van der Waals surface area contributed by atoms with Crippen LogP contribution in [0, 0.1) is 6.92 Å². The summed E-state index contributed by atoms with van der Waals surface area (Å²) in [5.41, 5.74) is -0.952. The average Bonchev–Trinajstić information content (AvgIpc) is 2.94. The van der Waals surface area contributed by atoms with Crippen molar-refractivity contribution in [2.75, 3.05) is 18.4 Å². The van der Waals surface area contributed by atoms with Crippen molar-refractivity contribution in [1.29, 1.82) is 0 Å². The number of aryl methyl sites for hydroxylation is 1. The number of piperidine rings is 1. The van der Waals surface area contributed by atoms with Gasteiger partial charge in [-0.15, -0.1) is 23.7 Å². The van der Waals surface area contributed by atoms with E-state index >= 15 is 0 Å². The van der Waals surface area contributed by atoms with E-state index in [2.05, 4.69) is 25.6 Å². The zero-order valence-corrected chi connectivity index (χ0v) is 14.5. The zero-order chi connectivity index (χ0) is 16.4. The lowest BCUT2D eigenvalue weighted by atomic mass is 10.1. The number of nitrogens with zero attached hydrogens (tertiary/aromatic N) is 3. The first-order valence-corrected chi connectivity index (χ1v) is 8.09. The van der Waals surface area contributed by atoms with Crippen LogP contribution in [0.25, 0.3) is 10.6 Å². The number of thiazole rings is 1. The molecule has 0 bridgehead atoms. The van der Waals surface area contributed by atoms with Crippen LogP contribution in [0.5, 0.6) is 0 Å². The summed E-state index contributed by atoms with van der Waals surface area (Å²) in [7, 11) is 0. The van der Waals surface area contributed by atoms with Crippen LogP contribution in [0.4, 0.5) is 19.1 Å². The summed E-state index contributed by atoms with van der Waals surface area (Å²) in [6, 6.07) is 0.170. The molecule has 0 aromatic carbocycles. The van der Waals surface area contributed by atoms with Gasteiger partial charge in [-0.1, -0.05) is 0 Å². The average molecular weight is 380 g/mol. The minimum absolute atomic E-state index is 0. The van der Waals surface area contributed by atoms with E-state index in [0.29, 0.717) is 9.88 Å². The molecule has 5 nitrogen and oxygen atoms in total. The van der Waals surface area contributed by atoms with E-state index in [4.69, 9.17) is 0 Å². The fraction of sp³-hybridized carbons (Fsp3) is 0.500. The topological polar surface area (TPSA) is 62.7 Å². The monoisotopic (exact) mass is 379 g/mol. The zero-order valence-electron chi connectivity index (χ0n) is 12.9. The van der Waals surface area contributed by atoms with Gasteiger partial charge in [0.25, 0.3) is 0 Å². The fourth-order valence-corrected chi connectivity index (χ4v) is 3.25. The van der Waals surface area contributed by atoms with Gasteiger partial charge in [0.15, 0.2) is 0 Å². The van der Waals surface area contributed by atoms with Crippen molar-refractivity contribution in [3.8, 4) is 10.6 Å². The van der Waals surface area contributed by atoms with E-state index in [1.165, 1.54) is 17.5 Å². The standard InChI is InChI=1S/C14H16F3N5S.ClH/c1-8-19-7-11(23-8)12-10(14(15,16)17)6-20-13(22-12)21-9-2-4-18-5-3-9;/h6-7,9,18H,2-5H2,1H3,(H,20,21,22);1H. The lowest BCUT2D eigenvalue weighted by molar-refractivity contribution is -0.137. The van der Waals surface area contributed by atoms with Crippen LogP contribution in [-0.4, -0.2) is 34.1 Å². The first-order valence-electron chi connectivity index (χ1n) is 7.28. The number of anilines is 1. The van der Waals surface area contributed by atoms with Gasteiger partial charge in [-0.25, -0.2) is 15.0 Å². The predicted molar refractivity (Wildman–Crippen MR) is 89.6 cm³/mol. The van der Waals surface area contributed by atoms with Crippen LogP contribution < -0.4 is 10.6 Å². The van der Waals surface area contributed by atoms with Gasteiger partial charge in [-0.05, 0) is 32.9 Å². The second kappa shape index (κ2) is 7.62. The minimum atomic E-state index is -4.50. The van der Waals surface area contributed by atoms with E-state index in [-0.39, 0.29) is 30.1 Å². The molecule has 0 unspecified atom stereocenters. The maximum atomic E-state index is 13.2. The minimum Gasteiger partial charge on any atom is -0.351 e. The third-order valence-corrected chi connectivity index (χ3v) is 4.54. The fourth-order valence-electron chi connectivity index (χ4n) is 2.47. The van der Waals surface area contributed by atoms with Gasteiger partial charge in [0.05, 0.1) is 15.6 Å². The molecule has 3 rings (SSSR count). The molecule has 0 amide bonds. The highest BCUT2D eigenvalue weighted by atomic mass is 35.5. The molecule has 1 fully saturated rings. The number of aromatic nitrogens is 3. The summed E-state index contributed by atoms with van der Waals surface area (Å²) in [5, 5.41) is 7.06. The number of rotatable bonds is 3. The smallest absolute Gasteiger partial charge is 0.351 e. The Hall–Kier alpha value is -1.45. The van der Waals surface area contributed by atoms with E-state index in [0.717, 1.165) is 32.1 Å². The van der Waals surface area contributed by atoms with Crippen molar-refractivity contribution in [3.05, 3.63) is 23.0 Å². The highest BCUT2D eigenvalue weighted by Crippen LogP contribution is 2.37. The first-order chi connectivity index (χ1) is 10.9. The summed E-state index contributed by atoms with van der Waals surface area (Å²) in [4.78, 5) is 12.4. The molecule has 1 saturated heterocycles. The van der Waals surface area contributed by atoms with Crippen LogP contribution in [-0.2, 0) is 6.18 Å². The molecule has 1 aliphatic heterocycles. The van der Waals surface area contributed by atoms with Crippen molar-refractivity contribution in [3.63, 3.8) is 0 Å². The van der Waals surface area contributed by atoms with Crippen LogP contribution in [0.15, 0.2) is 12.4 Å². The lowest BCUT2D eigenvalue weighted by Crippen LogP contribution is -2.35. The van der Waals surface area contributed by atoms with E-state index in [1.807, 2.05) is 0 Å². The van der Waals surface area contributed by atoms with Gasteiger partial charge in [0.1, 0.15) is 5.56 Å². The van der Waals surface area contributed by atoms with Crippen LogP contribution in [0.1, 0.15) is 23.4 Å². The molecule has 2 aromatic heterocycles. The van der Waals surface area contributed by atoms with E-state index in [1.54, 1.807) is 6.92 Å². The molecule has 0 aliphatic carbocycles. The largest absolute Gasteiger partial charge is 0.420 e. The number of alkyl halides is 3. The van der Waals surface area contributed by atoms with Crippen molar-refractivity contribution < 1.29 is 13.2 Å². The Kier molecular flexibility index (Phi) is 6.00. The Labute approximate surface area is 147 Å². The number of halogens is 4. The summed E-state index contributed by atoms with van der Waals surface area (Å²) in [6.07, 6.45) is -0.452. The summed E-state index contributed by atoms with van der Waals surface area (Å²) >= 11 is 1.19. The molecular weight excluding hydrogens is 363 g/mol. The van der Waals surface area contributed by atoms with Crippen LogP contribution >= 0.6 is 23.7 Å². The Morgan fingerprint density at radius 1 is 1.21 bits per heavy atom. The number of hydrogen-bond acceptors (Lipinski definition) is 6. The molecule has 2 N–H and O–H groups in total. The maximum Gasteiger partial charge on any atom is 0.420 e. The molecule has 2 aromatic rings. The quantitative estimate of drug-likeness (QED) is 0.854. The predicted octanol–water partition coefficient (Wildman–Crippen LogP) is 3.51. The Morgan fingerprint density at radius 3 is 2.50 bits per heavy atom. The Balaban J connectivity index is 0.00000208. The third-order valence-electron chi connectivity index (χ3n) is 3.62. The molecular formula is C14H17ClF3N5S. The first kappa shape index (κ1) is 18.9. The van der Waals surface area contributed by atoms with Gasteiger partial charge in [0, 0.05) is 18.4 Å². The third kappa shape index (κ3) is 4.34. The molecule has 0 spiro atoms. The summed E-state index contributed by atoms with van der Waals surface area (Å²) in [5.74, 6) is 0.228. The summed E-state index contributed by atoms with van der Waals surface area (Å²) < 4.78 is 39.6. The van der Waals surface area contributed by atoms with Gasteiger partial charge in [-0.3, -0.25) is 0 Å². The molecule has 1 aliphatic rings. The van der Waals surface area contributed by atoms with Crippen molar-refractivity contribution in [1.82, 2.24) is 20.3 Å². The SMILES string of the molecule is Cc1ncc(-c2nc(NC3CCNCC3)ncc2C(F)(F)F)s1.Cl. The molecule has 0 radical (unpaired) electrons. The molecule has 10 heteroatoms. The second-order valence-electron chi connectivity index (χ2n) is 5.37. The molecule has 0 saturated carbocycles. The van der Waals surface area contributed by atoms with Crippen LogP contribution in [0.2, 0.25) is 0 Å². The van der Waals surface area contributed by atoms with Gasteiger partial charge >= 0.3 is 6.18 Å².